The highest BCUT2D eigenvalue weighted by Gasteiger charge is 2.29. The second-order valence-corrected chi connectivity index (χ2v) is 7.69. The fraction of sp³-hybridized carbons (Fsp3) is 0.364. The maximum Gasteiger partial charge on any atom is 0.227 e. The predicted molar refractivity (Wildman–Crippen MR) is 109 cm³/mol. The zero-order chi connectivity index (χ0) is 19.2. The summed E-state index contributed by atoms with van der Waals surface area (Å²) in [6.45, 7) is 2.59. The molecule has 0 spiro atoms. The maximum atomic E-state index is 12.4. The number of carbonyl (C=O) groups excluding carboxylic acids is 2. The van der Waals surface area contributed by atoms with Gasteiger partial charge in [0.05, 0.1) is 0 Å². The minimum Gasteiger partial charge on any atom is -0.352 e. The minimum absolute atomic E-state index is 0.00864. The molecule has 1 aliphatic rings. The Labute approximate surface area is 165 Å². The lowest BCUT2D eigenvalue weighted by molar-refractivity contribution is -0.128. The number of anilines is 1. The van der Waals surface area contributed by atoms with Crippen LogP contribution in [0, 0.1) is 18.8 Å². The molecule has 0 saturated heterocycles. The first kappa shape index (κ1) is 19.4. The number of halogens is 1. The van der Waals surface area contributed by atoms with Gasteiger partial charge in [-0.15, -0.1) is 0 Å². The molecule has 0 heterocycles. The van der Waals surface area contributed by atoms with Gasteiger partial charge in [-0.3, -0.25) is 9.59 Å². The van der Waals surface area contributed by atoms with Crippen LogP contribution in [0.15, 0.2) is 48.5 Å². The van der Waals surface area contributed by atoms with Gasteiger partial charge in [-0.05, 0) is 56.4 Å². The van der Waals surface area contributed by atoms with E-state index >= 15 is 0 Å². The van der Waals surface area contributed by atoms with Crippen LogP contribution in [0.25, 0.3) is 0 Å². The van der Waals surface area contributed by atoms with Gasteiger partial charge in [0.15, 0.2) is 0 Å². The lowest BCUT2D eigenvalue weighted by atomic mass is 9.81. The molecule has 2 amide bonds. The summed E-state index contributed by atoms with van der Waals surface area (Å²) in [5, 5.41) is 6.55. The average Bonchev–Trinajstić information content (AvgIpc) is 2.67. The number of carbonyl (C=O) groups is 2. The third-order valence-corrected chi connectivity index (χ3v) is 5.38. The van der Waals surface area contributed by atoms with Gasteiger partial charge in [-0.25, -0.2) is 0 Å². The van der Waals surface area contributed by atoms with E-state index in [1.165, 1.54) is 5.56 Å². The van der Waals surface area contributed by atoms with Crippen LogP contribution in [0.1, 0.15) is 36.8 Å². The monoisotopic (exact) mass is 384 g/mol. The summed E-state index contributed by atoms with van der Waals surface area (Å²) >= 11 is 5.95. The van der Waals surface area contributed by atoms with Crippen molar-refractivity contribution in [2.75, 3.05) is 5.32 Å². The molecule has 0 aromatic heterocycles. The molecule has 27 heavy (non-hydrogen) atoms. The number of benzene rings is 2. The van der Waals surface area contributed by atoms with Gasteiger partial charge in [-0.1, -0.05) is 47.5 Å². The van der Waals surface area contributed by atoms with E-state index < -0.39 is 0 Å². The molecule has 2 N–H and O–H groups in total. The van der Waals surface area contributed by atoms with Gasteiger partial charge in [0.25, 0.3) is 0 Å². The Kier molecular flexibility index (Phi) is 6.51. The molecule has 142 valence electrons. The Balaban J connectivity index is 1.44. The second-order valence-electron chi connectivity index (χ2n) is 7.25. The Morgan fingerprint density at radius 1 is 0.963 bits per heavy atom. The van der Waals surface area contributed by atoms with Crippen LogP contribution in [-0.2, 0) is 16.1 Å². The Hall–Kier alpha value is -2.33. The molecule has 0 radical (unpaired) electrons. The fourth-order valence-electron chi connectivity index (χ4n) is 3.47. The minimum atomic E-state index is -0.0508. The van der Waals surface area contributed by atoms with E-state index in [1.54, 1.807) is 12.1 Å². The number of rotatable bonds is 5. The first-order valence-corrected chi connectivity index (χ1v) is 9.79. The van der Waals surface area contributed by atoms with Crippen molar-refractivity contribution < 1.29 is 9.59 Å². The zero-order valence-electron chi connectivity index (χ0n) is 15.5. The number of nitrogens with one attached hydrogen (secondary N) is 2. The molecular weight excluding hydrogens is 360 g/mol. The standard InChI is InChI=1S/C22H25ClN2O2/c1-15-5-7-16(8-6-15)14-24-21(26)17-9-11-18(12-10-17)22(27)25-20-4-2-3-19(23)13-20/h2-8,13,17-18H,9-12,14H2,1H3,(H,24,26)(H,25,27). The highest BCUT2D eigenvalue weighted by Crippen LogP contribution is 2.30. The summed E-state index contributed by atoms with van der Waals surface area (Å²) in [4.78, 5) is 24.9. The lowest BCUT2D eigenvalue weighted by Gasteiger charge is -2.27. The van der Waals surface area contributed by atoms with E-state index in [0.29, 0.717) is 17.3 Å². The summed E-state index contributed by atoms with van der Waals surface area (Å²) in [5.41, 5.74) is 3.02. The smallest absolute Gasteiger partial charge is 0.227 e. The van der Waals surface area contributed by atoms with Crippen LogP contribution in [0.5, 0.6) is 0 Å². The molecule has 2 aromatic rings. The Morgan fingerprint density at radius 3 is 2.22 bits per heavy atom. The van der Waals surface area contributed by atoms with E-state index in [0.717, 1.165) is 31.2 Å². The SMILES string of the molecule is Cc1ccc(CNC(=O)C2CCC(C(=O)Nc3cccc(Cl)c3)CC2)cc1. The van der Waals surface area contributed by atoms with Crippen LogP contribution in [0.2, 0.25) is 5.02 Å². The molecule has 4 nitrogen and oxygen atoms in total. The Morgan fingerprint density at radius 2 is 1.59 bits per heavy atom. The molecule has 3 rings (SSSR count). The topological polar surface area (TPSA) is 58.2 Å². The molecule has 2 aromatic carbocycles. The molecule has 0 unspecified atom stereocenters. The van der Waals surface area contributed by atoms with Gasteiger partial charge in [0.2, 0.25) is 11.8 Å². The third kappa shape index (κ3) is 5.57. The maximum absolute atomic E-state index is 12.4. The molecular formula is C22H25ClN2O2. The lowest BCUT2D eigenvalue weighted by Crippen LogP contribution is -2.35. The van der Waals surface area contributed by atoms with E-state index in [9.17, 15) is 9.59 Å². The van der Waals surface area contributed by atoms with E-state index in [-0.39, 0.29) is 23.7 Å². The molecule has 0 atom stereocenters. The van der Waals surface area contributed by atoms with Crippen molar-refractivity contribution in [3.8, 4) is 0 Å². The molecule has 5 heteroatoms. The first-order valence-electron chi connectivity index (χ1n) is 9.41. The quantitative estimate of drug-likeness (QED) is 0.784. The van der Waals surface area contributed by atoms with Crippen molar-refractivity contribution in [1.82, 2.24) is 5.32 Å². The normalized spacial score (nSPS) is 19.3. The summed E-state index contributed by atoms with van der Waals surface area (Å²) in [7, 11) is 0. The molecule has 0 aliphatic heterocycles. The summed E-state index contributed by atoms with van der Waals surface area (Å²) in [6, 6.07) is 15.3. The second kappa shape index (κ2) is 9.05. The molecule has 1 saturated carbocycles. The van der Waals surface area contributed by atoms with Crippen molar-refractivity contribution in [3.63, 3.8) is 0 Å². The van der Waals surface area contributed by atoms with Crippen LogP contribution < -0.4 is 10.6 Å². The van der Waals surface area contributed by atoms with E-state index in [1.807, 2.05) is 43.3 Å². The van der Waals surface area contributed by atoms with Crippen molar-refractivity contribution in [2.45, 2.75) is 39.2 Å². The third-order valence-electron chi connectivity index (χ3n) is 5.15. The predicted octanol–water partition coefficient (Wildman–Crippen LogP) is 4.71. The van der Waals surface area contributed by atoms with Crippen molar-refractivity contribution in [3.05, 3.63) is 64.7 Å². The van der Waals surface area contributed by atoms with E-state index in [2.05, 4.69) is 10.6 Å². The van der Waals surface area contributed by atoms with Gasteiger partial charge in [-0.2, -0.15) is 0 Å². The van der Waals surface area contributed by atoms with Crippen molar-refractivity contribution >= 4 is 29.1 Å². The van der Waals surface area contributed by atoms with Gasteiger partial charge >= 0.3 is 0 Å². The summed E-state index contributed by atoms with van der Waals surface area (Å²) in [5.74, 6) is 0.0378. The van der Waals surface area contributed by atoms with Crippen LogP contribution >= 0.6 is 11.6 Å². The molecule has 0 bridgehead atoms. The van der Waals surface area contributed by atoms with Gasteiger partial charge in [0, 0.05) is 29.1 Å². The van der Waals surface area contributed by atoms with E-state index in [4.69, 9.17) is 11.6 Å². The summed E-state index contributed by atoms with van der Waals surface area (Å²) in [6.07, 6.45) is 2.95. The number of hydrogen-bond donors (Lipinski definition) is 2. The van der Waals surface area contributed by atoms with Crippen molar-refractivity contribution in [2.24, 2.45) is 11.8 Å². The highest BCUT2D eigenvalue weighted by molar-refractivity contribution is 6.30. The van der Waals surface area contributed by atoms with Gasteiger partial charge < -0.3 is 10.6 Å². The fourth-order valence-corrected chi connectivity index (χ4v) is 3.66. The highest BCUT2D eigenvalue weighted by atomic mass is 35.5. The average molecular weight is 385 g/mol. The van der Waals surface area contributed by atoms with Crippen LogP contribution in [-0.4, -0.2) is 11.8 Å². The number of aryl methyl sites for hydroxylation is 1. The van der Waals surface area contributed by atoms with Crippen molar-refractivity contribution in [1.29, 1.82) is 0 Å². The molecule has 1 aliphatic carbocycles. The summed E-state index contributed by atoms with van der Waals surface area (Å²) < 4.78 is 0. The number of amides is 2. The van der Waals surface area contributed by atoms with Crippen LogP contribution in [0.4, 0.5) is 5.69 Å². The van der Waals surface area contributed by atoms with Crippen LogP contribution in [0.3, 0.4) is 0 Å². The Bertz CT molecular complexity index is 796. The van der Waals surface area contributed by atoms with Gasteiger partial charge in [0.1, 0.15) is 0 Å². The largest absolute Gasteiger partial charge is 0.352 e. The molecule has 1 fully saturated rings. The first-order chi connectivity index (χ1) is 13.0. The number of hydrogen-bond acceptors (Lipinski definition) is 2. The zero-order valence-corrected chi connectivity index (χ0v) is 16.3.